The molecule has 0 unspecified atom stereocenters. The predicted molar refractivity (Wildman–Crippen MR) is 64.8 cm³/mol. The summed E-state index contributed by atoms with van der Waals surface area (Å²) in [7, 11) is 0. The molecule has 1 atom stereocenters. The number of benzene rings is 1. The maximum Gasteiger partial charge on any atom is 0.407 e. The Kier molecular flexibility index (Phi) is 3.84. The van der Waals surface area contributed by atoms with Gasteiger partial charge in [0, 0.05) is 0 Å². The minimum atomic E-state index is -0.958. The van der Waals surface area contributed by atoms with Crippen LogP contribution in [0.4, 0.5) is 4.79 Å². The third-order valence-electron chi connectivity index (χ3n) is 3.10. The van der Waals surface area contributed by atoms with E-state index >= 15 is 0 Å². The lowest BCUT2D eigenvalue weighted by Gasteiger charge is -2.21. The molecule has 1 aromatic carbocycles. The molecule has 0 heterocycles. The number of aliphatic hydroxyl groups excluding tert-OH is 1. The van der Waals surface area contributed by atoms with Crippen LogP contribution in [-0.2, 0) is 11.3 Å². The maximum absolute atomic E-state index is 11.5. The van der Waals surface area contributed by atoms with Crippen LogP contribution in [-0.4, -0.2) is 34.6 Å². The largest absolute Gasteiger partial charge is 0.445 e. The number of amides is 1. The Hall–Kier alpha value is -1.59. The van der Waals surface area contributed by atoms with E-state index in [0.29, 0.717) is 12.8 Å². The Balaban J connectivity index is 1.78. The monoisotopic (exact) mass is 251 g/mol. The van der Waals surface area contributed by atoms with Crippen molar-refractivity contribution in [3.63, 3.8) is 0 Å². The van der Waals surface area contributed by atoms with Crippen LogP contribution < -0.4 is 5.32 Å². The van der Waals surface area contributed by atoms with Gasteiger partial charge in [-0.1, -0.05) is 30.3 Å². The van der Waals surface area contributed by atoms with Crippen molar-refractivity contribution in [2.24, 2.45) is 0 Å². The van der Waals surface area contributed by atoms with Gasteiger partial charge in [0.25, 0.3) is 0 Å². The predicted octanol–water partition coefficient (Wildman–Crippen LogP) is 0.799. The van der Waals surface area contributed by atoms with Crippen molar-refractivity contribution < 1.29 is 19.7 Å². The quantitative estimate of drug-likeness (QED) is 0.723. The van der Waals surface area contributed by atoms with Crippen molar-refractivity contribution in [3.05, 3.63) is 35.9 Å². The second-order valence-electron chi connectivity index (χ2n) is 4.54. The standard InChI is InChI=1S/C13H17NO4/c15-8-11(13(17)6-7-13)14-12(16)18-9-10-4-2-1-3-5-10/h1-5,11,15,17H,6-9H2,(H,14,16)/t11-/m0/s1. The number of aliphatic hydroxyl groups is 2. The van der Waals surface area contributed by atoms with Crippen LogP contribution in [0.1, 0.15) is 18.4 Å². The molecule has 1 amide bonds. The SMILES string of the molecule is O=C(N[C@@H](CO)C1(O)CC1)OCc1ccccc1. The van der Waals surface area contributed by atoms with E-state index in [1.807, 2.05) is 30.3 Å². The highest BCUT2D eigenvalue weighted by molar-refractivity contribution is 5.68. The van der Waals surface area contributed by atoms with Crippen molar-refractivity contribution >= 4 is 6.09 Å². The van der Waals surface area contributed by atoms with Crippen molar-refractivity contribution in [1.82, 2.24) is 5.32 Å². The van der Waals surface area contributed by atoms with Crippen LogP contribution in [0, 0.1) is 0 Å². The van der Waals surface area contributed by atoms with Gasteiger partial charge in [0.1, 0.15) is 6.61 Å². The molecule has 18 heavy (non-hydrogen) atoms. The molecule has 1 aliphatic carbocycles. The first-order valence-corrected chi connectivity index (χ1v) is 5.94. The molecule has 1 aliphatic rings. The Labute approximate surface area is 105 Å². The van der Waals surface area contributed by atoms with Crippen molar-refractivity contribution in [1.29, 1.82) is 0 Å². The van der Waals surface area contributed by atoms with E-state index in [9.17, 15) is 9.90 Å². The molecule has 5 heteroatoms. The minimum Gasteiger partial charge on any atom is -0.445 e. The Morgan fingerprint density at radius 3 is 2.61 bits per heavy atom. The van der Waals surface area contributed by atoms with Gasteiger partial charge < -0.3 is 20.3 Å². The van der Waals surface area contributed by atoms with Crippen molar-refractivity contribution in [2.75, 3.05) is 6.61 Å². The highest BCUT2D eigenvalue weighted by Crippen LogP contribution is 2.38. The third-order valence-corrected chi connectivity index (χ3v) is 3.10. The Morgan fingerprint density at radius 2 is 2.06 bits per heavy atom. The molecule has 2 rings (SSSR count). The topological polar surface area (TPSA) is 78.8 Å². The lowest BCUT2D eigenvalue weighted by atomic mass is 10.1. The average molecular weight is 251 g/mol. The molecular formula is C13H17NO4. The normalized spacial score (nSPS) is 17.9. The Bertz CT molecular complexity index is 403. The summed E-state index contributed by atoms with van der Waals surface area (Å²) in [6.45, 7) is -0.125. The third kappa shape index (κ3) is 3.21. The molecule has 0 saturated heterocycles. The molecule has 3 N–H and O–H groups in total. The second-order valence-corrected chi connectivity index (χ2v) is 4.54. The summed E-state index contributed by atoms with van der Waals surface area (Å²) in [5.74, 6) is 0. The summed E-state index contributed by atoms with van der Waals surface area (Å²) in [6, 6.07) is 8.66. The van der Waals surface area contributed by atoms with Gasteiger partial charge in [0.15, 0.2) is 0 Å². The van der Waals surface area contributed by atoms with E-state index in [2.05, 4.69) is 5.32 Å². The molecule has 1 aromatic rings. The fraction of sp³-hybridized carbons (Fsp3) is 0.462. The second kappa shape index (κ2) is 5.37. The number of hydrogen-bond donors (Lipinski definition) is 3. The zero-order valence-electron chi connectivity index (χ0n) is 10.0. The van der Waals surface area contributed by atoms with E-state index in [4.69, 9.17) is 9.84 Å². The average Bonchev–Trinajstić information content (AvgIpc) is 3.14. The van der Waals surface area contributed by atoms with Crippen LogP contribution in [0.2, 0.25) is 0 Å². The molecule has 98 valence electrons. The van der Waals surface area contributed by atoms with Gasteiger partial charge in [-0.3, -0.25) is 0 Å². The molecule has 5 nitrogen and oxygen atoms in total. The molecule has 0 aromatic heterocycles. The number of rotatable bonds is 5. The number of carbonyl (C=O) groups excluding carboxylic acids is 1. The number of alkyl carbamates (subject to hydrolysis) is 1. The lowest BCUT2D eigenvalue weighted by Crippen LogP contribution is -2.47. The maximum atomic E-state index is 11.5. The summed E-state index contributed by atoms with van der Waals surface area (Å²) in [5.41, 5.74) is -0.0705. The number of hydrogen-bond acceptors (Lipinski definition) is 4. The Morgan fingerprint density at radius 1 is 1.39 bits per heavy atom. The van der Waals surface area contributed by atoms with Crippen LogP contribution in [0.25, 0.3) is 0 Å². The first-order valence-electron chi connectivity index (χ1n) is 5.94. The summed E-state index contributed by atoms with van der Waals surface area (Å²) in [4.78, 5) is 11.5. The van der Waals surface area contributed by atoms with Gasteiger partial charge in [-0.2, -0.15) is 0 Å². The van der Waals surface area contributed by atoms with Crippen molar-refractivity contribution in [2.45, 2.75) is 31.1 Å². The minimum absolute atomic E-state index is 0.170. The fourth-order valence-electron chi connectivity index (χ4n) is 1.73. The van der Waals surface area contributed by atoms with E-state index in [1.165, 1.54) is 0 Å². The van der Waals surface area contributed by atoms with Gasteiger partial charge in [0.2, 0.25) is 0 Å². The molecule has 1 saturated carbocycles. The number of nitrogens with one attached hydrogen (secondary N) is 1. The first kappa shape index (κ1) is 12.9. The molecular weight excluding hydrogens is 234 g/mol. The fourth-order valence-corrected chi connectivity index (χ4v) is 1.73. The van der Waals surface area contributed by atoms with E-state index in [1.54, 1.807) is 0 Å². The smallest absolute Gasteiger partial charge is 0.407 e. The van der Waals surface area contributed by atoms with Crippen LogP contribution in [0.3, 0.4) is 0 Å². The molecule has 0 radical (unpaired) electrons. The first-order chi connectivity index (χ1) is 8.64. The van der Waals surface area contributed by atoms with Crippen LogP contribution in [0.5, 0.6) is 0 Å². The zero-order valence-corrected chi connectivity index (χ0v) is 10.0. The summed E-state index contributed by atoms with van der Waals surface area (Å²) >= 11 is 0. The van der Waals surface area contributed by atoms with Gasteiger partial charge in [-0.25, -0.2) is 4.79 Å². The highest BCUT2D eigenvalue weighted by atomic mass is 16.5. The molecule has 0 spiro atoms. The highest BCUT2D eigenvalue weighted by Gasteiger charge is 2.48. The van der Waals surface area contributed by atoms with E-state index in [-0.39, 0.29) is 13.2 Å². The van der Waals surface area contributed by atoms with Gasteiger partial charge >= 0.3 is 6.09 Å². The zero-order chi connectivity index (χ0) is 13.0. The van der Waals surface area contributed by atoms with Crippen LogP contribution >= 0.6 is 0 Å². The molecule has 0 aliphatic heterocycles. The molecule has 0 bridgehead atoms. The molecule has 1 fully saturated rings. The van der Waals surface area contributed by atoms with Crippen LogP contribution in [0.15, 0.2) is 30.3 Å². The summed E-state index contributed by atoms with van der Waals surface area (Å²) in [6.07, 6.45) is 0.562. The van der Waals surface area contributed by atoms with E-state index < -0.39 is 17.7 Å². The lowest BCUT2D eigenvalue weighted by molar-refractivity contribution is 0.0603. The van der Waals surface area contributed by atoms with Gasteiger partial charge in [-0.05, 0) is 18.4 Å². The van der Waals surface area contributed by atoms with Gasteiger partial charge in [0.05, 0.1) is 18.2 Å². The summed E-state index contributed by atoms with van der Waals surface area (Å²) < 4.78 is 5.01. The van der Waals surface area contributed by atoms with E-state index in [0.717, 1.165) is 5.56 Å². The summed E-state index contributed by atoms with van der Waals surface area (Å²) in [5, 5.41) is 21.4. The number of carbonyl (C=O) groups is 1. The number of ether oxygens (including phenoxy) is 1. The van der Waals surface area contributed by atoms with Gasteiger partial charge in [-0.15, -0.1) is 0 Å². The van der Waals surface area contributed by atoms with Crippen molar-refractivity contribution in [3.8, 4) is 0 Å².